The Bertz CT molecular complexity index is 445. The highest BCUT2D eigenvalue weighted by Crippen LogP contribution is 2.22. The minimum absolute atomic E-state index is 0.0409. The molecule has 1 aliphatic heterocycles. The fourth-order valence-electron chi connectivity index (χ4n) is 1.65. The van der Waals surface area contributed by atoms with Crippen LogP contribution in [0.4, 0.5) is 10.5 Å². The van der Waals surface area contributed by atoms with E-state index in [1.54, 1.807) is 4.90 Å². The molecule has 1 aromatic rings. The van der Waals surface area contributed by atoms with Gasteiger partial charge >= 0.3 is 6.03 Å². The topological polar surface area (TPSA) is 44.7 Å². The molecule has 1 heterocycles. The summed E-state index contributed by atoms with van der Waals surface area (Å²) in [5, 5.41) is 4.13. The van der Waals surface area contributed by atoms with E-state index in [1.165, 1.54) is 0 Å². The van der Waals surface area contributed by atoms with E-state index in [0.29, 0.717) is 6.54 Å². The SMILES string of the molecule is CC(C)(C)C1=NNC(=O)N(c2ccccc2)C1. The highest BCUT2D eigenvalue weighted by atomic mass is 16.2. The number of carbonyl (C=O) groups excluding carboxylic acids is 1. The van der Waals surface area contributed by atoms with Gasteiger partial charge in [-0.25, -0.2) is 10.2 Å². The molecule has 2 amide bonds. The quantitative estimate of drug-likeness (QED) is 0.793. The van der Waals surface area contributed by atoms with Crippen LogP contribution in [-0.4, -0.2) is 18.3 Å². The Balaban J connectivity index is 2.27. The minimum atomic E-state index is -0.177. The third kappa shape index (κ3) is 2.46. The molecule has 1 aromatic carbocycles. The van der Waals surface area contributed by atoms with E-state index in [2.05, 4.69) is 31.3 Å². The average Bonchev–Trinajstić information content (AvgIpc) is 2.29. The summed E-state index contributed by atoms with van der Waals surface area (Å²) < 4.78 is 0. The van der Waals surface area contributed by atoms with Gasteiger partial charge in [-0.15, -0.1) is 0 Å². The second-order valence-corrected chi connectivity index (χ2v) is 5.15. The maximum Gasteiger partial charge on any atom is 0.342 e. The summed E-state index contributed by atoms with van der Waals surface area (Å²) in [5.41, 5.74) is 4.38. The summed E-state index contributed by atoms with van der Waals surface area (Å²) >= 11 is 0. The molecular formula is C13H17N3O. The summed E-state index contributed by atoms with van der Waals surface area (Å²) in [4.78, 5) is 13.5. The van der Waals surface area contributed by atoms with E-state index >= 15 is 0 Å². The first kappa shape index (κ1) is 11.6. The lowest BCUT2D eigenvalue weighted by atomic mass is 9.89. The van der Waals surface area contributed by atoms with Crippen LogP contribution in [0.5, 0.6) is 0 Å². The predicted molar refractivity (Wildman–Crippen MR) is 69.2 cm³/mol. The van der Waals surface area contributed by atoms with Gasteiger partial charge in [0.2, 0.25) is 0 Å². The van der Waals surface area contributed by atoms with Crippen molar-refractivity contribution in [2.75, 3.05) is 11.4 Å². The third-order valence-corrected chi connectivity index (χ3v) is 2.77. The molecule has 2 rings (SSSR count). The Morgan fingerprint density at radius 3 is 2.47 bits per heavy atom. The summed E-state index contributed by atoms with van der Waals surface area (Å²) in [6, 6.07) is 9.45. The Morgan fingerprint density at radius 1 is 1.24 bits per heavy atom. The van der Waals surface area contributed by atoms with Gasteiger partial charge < -0.3 is 0 Å². The van der Waals surface area contributed by atoms with Gasteiger partial charge in [-0.05, 0) is 12.1 Å². The molecule has 0 saturated heterocycles. The number of benzene rings is 1. The van der Waals surface area contributed by atoms with Crippen LogP contribution in [0.2, 0.25) is 0 Å². The number of rotatable bonds is 1. The zero-order valence-corrected chi connectivity index (χ0v) is 10.4. The summed E-state index contributed by atoms with van der Waals surface area (Å²) in [7, 11) is 0. The standard InChI is InChI=1S/C13H17N3O/c1-13(2,3)11-9-16(12(17)15-14-11)10-7-5-4-6-8-10/h4-8H,9H2,1-3H3,(H,15,17). The Kier molecular flexibility index (Phi) is 2.88. The highest BCUT2D eigenvalue weighted by molar-refractivity contribution is 6.05. The van der Waals surface area contributed by atoms with Crippen molar-refractivity contribution < 1.29 is 4.79 Å². The van der Waals surface area contributed by atoms with Crippen molar-refractivity contribution in [3.63, 3.8) is 0 Å². The van der Waals surface area contributed by atoms with Gasteiger partial charge in [0.15, 0.2) is 0 Å². The number of anilines is 1. The lowest BCUT2D eigenvalue weighted by Gasteiger charge is -2.32. The van der Waals surface area contributed by atoms with Crippen molar-refractivity contribution >= 4 is 17.4 Å². The van der Waals surface area contributed by atoms with E-state index in [-0.39, 0.29) is 11.4 Å². The smallest absolute Gasteiger partial charge is 0.287 e. The van der Waals surface area contributed by atoms with Gasteiger partial charge in [-0.3, -0.25) is 4.90 Å². The first-order chi connectivity index (χ1) is 7.98. The van der Waals surface area contributed by atoms with Crippen molar-refractivity contribution in [3.8, 4) is 0 Å². The third-order valence-electron chi connectivity index (χ3n) is 2.77. The zero-order valence-electron chi connectivity index (χ0n) is 10.4. The molecular weight excluding hydrogens is 214 g/mol. The van der Waals surface area contributed by atoms with Crippen LogP contribution >= 0.6 is 0 Å². The van der Waals surface area contributed by atoms with Crippen LogP contribution in [-0.2, 0) is 0 Å². The lowest BCUT2D eigenvalue weighted by Crippen LogP contribution is -2.49. The van der Waals surface area contributed by atoms with Crippen molar-refractivity contribution in [3.05, 3.63) is 30.3 Å². The number of amides is 2. The number of hydrogen-bond acceptors (Lipinski definition) is 2. The van der Waals surface area contributed by atoms with Crippen LogP contribution in [0, 0.1) is 5.41 Å². The van der Waals surface area contributed by atoms with Crippen LogP contribution < -0.4 is 10.3 Å². The average molecular weight is 231 g/mol. The number of nitrogens with zero attached hydrogens (tertiary/aromatic N) is 2. The molecule has 0 aliphatic carbocycles. The van der Waals surface area contributed by atoms with Gasteiger partial charge in [0.25, 0.3) is 0 Å². The lowest BCUT2D eigenvalue weighted by molar-refractivity contribution is 0.246. The molecule has 0 bridgehead atoms. The number of hydrazone groups is 1. The highest BCUT2D eigenvalue weighted by Gasteiger charge is 2.28. The molecule has 0 atom stereocenters. The van der Waals surface area contributed by atoms with Crippen molar-refractivity contribution in [1.29, 1.82) is 0 Å². The van der Waals surface area contributed by atoms with E-state index in [0.717, 1.165) is 11.4 Å². The van der Waals surface area contributed by atoms with Gasteiger partial charge in [0, 0.05) is 11.1 Å². The predicted octanol–water partition coefficient (Wildman–Crippen LogP) is 2.62. The molecule has 1 N–H and O–H groups in total. The maximum atomic E-state index is 11.8. The maximum absolute atomic E-state index is 11.8. The molecule has 0 spiro atoms. The Morgan fingerprint density at radius 2 is 1.88 bits per heavy atom. The molecule has 0 saturated carbocycles. The minimum Gasteiger partial charge on any atom is -0.287 e. The summed E-state index contributed by atoms with van der Waals surface area (Å²) in [6.45, 7) is 6.81. The molecule has 1 aliphatic rings. The van der Waals surface area contributed by atoms with Crippen molar-refractivity contribution in [2.24, 2.45) is 10.5 Å². The fourth-order valence-corrected chi connectivity index (χ4v) is 1.65. The van der Waals surface area contributed by atoms with Crippen LogP contribution in [0.25, 0.3) is 0 Å². The first-order valence-corrected chi connectivity index (χ1v) is 5.68. The molecule has 0 aromatic heterocycles. The number of hydrogen-bond donors (Lipinski definition) is 1. The van der Waals surface area contributed by atoms with E-state index in [1.807, 2.05) is 30.3 Å². The largest absolute Gasteiger partial charge is 0.342 e. The van der Waals surface area contributed by atoms with E-state index in [9.17, 15) is 4.79 Å². The van der Waals surface area contributed by atoms with Gasteiger partial charge in [0.1, 0.15) is 0 Å². The summed E-state index contributed by atoms with van der Waals surface area (Å²) in [6.07, 6.45) is 0. The van der Waals surface area contributed by atoms with Gasteiger partial charge in [-0.2, -0.15) is 5.10 Å². The second kappa shape index (κ2) is 4.20. The fraction of sp³-hybridized carbons (Fsp3) is 0.385. The zero-order chi connectivity index (χ0) is 12.5. The molecule has 0 radical (unpaired) electrons. The van der Waals surface area contributed by atoms with Crippen LogP contribution in [0.15, 0.2) is 35.4 Å². The van der Waals surface area contributed by atoms with Gasteiger partial charge in [0.05, 0.1) is 12.3 Å². The van der Waals surface area contributed by atoms with Crippen molar-refractivity contribution in [1.82, 2.24) is 5.43 Å². The molecule has 90 valence electrons. The first-order valence-electron chi connectivity index (χ1n) is 5.68. The molecule has 4 nitrogen and oxygen atoms in total. The number of nitrogens with one attached hydrogen (secondary N) is 1. The molecule has 0 fully saturated rings. The molecule has 17 heavy (non-hydrogen) atoms. The normalized spacial score (nSPS) is 16.5. The monoisotopic (exact) mass is 231 g/mol. The second-order valence-electron chi connectivity index (χ2n) is 5.15. The number of carbonyl (C=O) groups is 1. The number of para-hydroxylation sites is 1. The van der Waals surface area contributed by atoms with Crippen LogP contribution in [0.3, 0.4) is 0 Å². The molecule has 4 heteroatoms. The van der Waals surface area contributed by atoms with E-state index < -0.39 is 0 Å². The molecule has 0 unspecified atom stereocenters. The summed E-state index contributed by atoms with van der Waals surface area (Å²) in [5.74, 6) is 0. The van der Waals surface area contributed by atoms with Crippen molar-refractivity contribution in [2.45, 2.75) is 20.8 Å². The van der Waals surface area contributed by atoms with E-state index in [4.69, 9.17) is 0 Å². The number of urea groups is 1. The Hall–Kier alpha value is -1.84. The Labute approximate surface area is 101 Å². The van der Waals surface area contributed by atoms with Crippen LogP contribution in [0.1, 0.15) is 20.8 Å². The van der Waals surface area contributed by atoms with Gasteiger partial charge in [-0.1, -0.05) is 39.0 Å².